The molecule has 0 bridgehead atoms. The van der Waals surface area contributed by atoms with Crippen molar-refractivity contribution in [2.75, 3.05) is 11.9 Å². The molecule has 3 rings (SSSR count). The van der Waals surface area contributed by atoms with Crippen molar-refractivity contribution in [2.24, 2.45) is 5.92 Å². The highest BCUT2D eigenvalue weighted by molar-refractivity contribution is 8.26. The van der Waals surface area contributed by atoms with Crippen molar-refractivity contribution in [2.45, 2.75) is 33.1 Å². The van der Waals surface area contributed by atoms with E-state index in [1.54, 1.807) is 12.1 Å². The summed E-state index contributed by atoms with van der Waals surface area (Å²) in [6, 6.07) is 7.32. The maximum Gasteiger partial charge on any atom is 0.266 e. The summed E-state index contributed by atoms with van der Waals surface area (Å²) in [5.41, 5.74) is 0.771. The first kappa shape index (κ1) is 22.9. The van der Waals surface area contributed by atoms with Gasteiger partial charge in [-0.1, -0.05) is 79.0 Å². The van der Waals surface area contributed by atoms with Crippen molar-refractivity contribution < 1.29 is 9.59 Å². The fourth-order valence-corrected chi connectivity index (χ4v) is 5.20. The standard InChI is InChI=1S/C20H21ClN4O2S3/c1-12(2)10-17-23-24-19(30-17)22-16(26)8-5-9-25-18(27)15(29-20(25)28)11-13-6-3-4-7-14(13)21/h3-4,6-7,11-12H,5,8-10H2,1-2H3,(H,22,24,26). The number of anilines is 1. The highest BCUT2D eigenvalue weighted by atomic mass is 35.5. The van der Waals surface area contributed by atoms with Gasteiger partial charge in [0.05, 0.1) is 4.91 Å². The molecule has 0 aliphatic carbocycles. The molecular weight excluding hydrogens is 460 g/mol. The second-order valence-corrected chi connectivity index (χ2v) is 10.3. The van der Waals surface area contributed by atoms with Crippen LogP contribution in [-0.2, 0) is 16.0 Å². The lowest BCUT2D eigenvalue weighted by Gasteiger charge is -2.13. The van der Waals surface area contributed by atoms with Crippen molar-refractivity contribution in [3.05, 3.63) is 44.8 Å². The Labute approximate surface area is 194 Å². The minimum atomic E-state index is -0.159. The van der Waals surface area contributed by atoms with Crippen LogP contribution < -0.4 is 5.32 Å². The molecule has 1 aliphatic heterocycles. The number of nitrogens with zero attached hydrogens (tertiary/aromatic N) is 3. The molecule has 10 heteroatoms. The maximum absolute atomic E-state index is 12.7. The van der Waals surface area contributed by atoms with E-state index in [9.17, 15) is 9.59 Å². The van der Waals surface area contributed by atoms with E-state index < -0.39 is 0 Å². The first-order chi connectivity index (χ1) is 14.3. The maximum atomic E-state index is 12.7. The summed E-state index contributed by atoms with van der Waals surface area (Å²) in [5, 5.41) is 12.8. The van der Waals surface area contributed by atoms with Gasteiger partial charge in [-0.2, -0.15) is 0 Å². The van der Waals surface area contributed by atoms with Crippen LogP contribution >= 0.6 is 46.9 Å². The Hall–Kier alpha value is -1.81. The largest absolute Gasteiger partial charge is 0.301 e. The third-order valence-electron chi connectivity index (χ3n) is 4.15. The van der Waals surface area contributed by atoms with Gasteiger partial charge in [-0.25, -0.2) is 0 Å². The van der Waals surface area contributed by atoms with E-state index >= 15 is 0 Å². The molecule has 30 heavy (non-hydrogen) atoms. The number of halogens is 1. The van der Waals surface area contributed by atoms with Crippen molar-refractivity contribution >= 4 is 74.3 Å². The molecule has 1 saturated heterocycles. The van der Waals surface area contributed by atoms with Crippen LogP contribution in [0.2, 0.25) is 5.02 Å². The number of hydrogen-bond donors (Lipinski definition) is 1. The number of carbonyl (C=O) groups excluding carboxylic acids is 2. The molecule has 158 valence electrons. The van der Waals surface area contributed by atoms with Gasteiger partial charge in [-0.15, -0.1) is 10.2 Å². The van der Waals surface area contributed by atoms with Crippen molar-refractivity contribution in [3.8, 4) is 0 Å². The summed E-state index contributed by atoms with van der Waals surface area (Å²) in [5.74, 6) is 0.171. The fraction of sp³-hybridized carbons (Fsp3) is 0.350. The van der Waals surface area contributed by atoms with E-state index in [0.29, 0.717) is 38.3 Å². The summed E-state index contributed by atoms with van der Waals surface area (Å²) in [4.78, 5) is 26.9. The molecule has 1 aromatic heterocycles. The quantitative estimate of drug-likeness (QED) is 0.422. The minimum Gasteiger partial charge on any atom is -0.301 e. The molecule has 2 aromatic rings. The van der Waals surface area contributed by atoms with Gasteiger partial charge in [-0.3, -0.25) is 14.5 Å². The molecule has 2 heterocycles. The Morgan fingerprint density at radius 3 is 2.83 bits per heavy atom. The molecule has 1 fully saturated rings. The van der Waals surface area contributed by atoms with Crippen LogP contribution in [0.1, 0.15) is 37.3 Å². The summed E-state index contributed by atoms with van der Waals surface area (Å²) >= 11 is 14.1. The third-order valence-corrected chi connectivity index (χ3v) is 6.73. The van der Waals surface area contributed by atoms with Gasteiger partial charge in [0, 0.05) is 24.4 Å². The number of carbonyl (C=O) groups is 2. The van der Waals surface area contributed by atoms with Gasteiger partial charge in [-0.05, 0) is 30.0 Å². The van der Waals surface area contributed by atoms with Crippen LogP contribution in [-0.4, -0.2) is 37.8 Å². The lowest BCUT2D eigenvalue weighted by atomic mass is 10.1. The highest BCUT2D eigenvalue weighted by Gasteiger charge is 2.31. The summed E-state index contributed by atoms with van der Waals surface area (Å²) in [7, 11) is 0. The molecular formula is C20H21ClN4O2S3. The molecule has 6 nitrogen and oxygen atoms in total. The Bertz CT molecular complexity index is 990. The second-order valence-electron chi connectivity index (χ2n) is 7.11. The minimum absolute atomic E-state index is 0.153. The third kappa shape index (κ3) is 6.10. The van der Waals surface area contributed by atoms with Gasteiger partial charge in [0.1, 0.15) is 9.33 Å². The zero-order valence-corrected chi connectivity index (χ0v) is 19.8. The number of thiocarbonyl (C=S) groups is 1. The van der Waals surface area contributed by atoms with Crippen LogP contribution in [0.4, 0.5) is 5.13 Å². The van der Waals surface area contributed by atoms with Gasteiger partial charge >= 0.3 is 0 Å². The molecule has 1 aromatic carbocycles. The normalized spacial score (nSPS) is 15.5. The lowest BCUT2D eigenvalue weighted by molar-refractivity contribution is -0.122. The van der Waals surface area contributed by atoms with Crippen molar-refractivity contribution in [1.82, 2.24) is 15.1 Å². The number of aromatic nitrogens is 2. The number of benzene rings is 1. The predicted octanol–water partition coefficient (Wildman–Crippen LogP) is 5.01. The average molecular weight is 481 g/mol. The van der Waals surface area contributed by atoms with Gasteiger partial charge in [0.25, 0.3) is 5.91 Å². The Kier molecular flexibility index (Phi) is 7.99. The van der Waals surface area contributed by atoms with Crippen LogP contribution in [0.15, 0.2) is 29.2 Å². The topological polar surface area (TPSA) is 75.2 Å². The smallest absolute Gasteiger partial charge is 0.266 e. The predicted molar refractivity (Wildman–Crippen MR) is 128 cm³/mol. The van der Waals surface area contributed by atoms with E-state index in [4.69, 9.17) is 23.8 Å². The SMILES string of the molecule is CC(C)Cc1nnc(NC(=O)CCCN2C(=O)C(=Cc3ccccc3Cl)SC2=S)s1. The summed E-state index contributed by atoms with van der Waals surface area (Å²) in [6.45, 7) is 4.60. The van der Waals surface area contributed by atoms with E-state index in [-0.39, 0.29) is 18.2 Å². The molecule has 0 radical (unpaired) electrons. The fourth-order valence-electron chi connectivity index (χ4n) is 2.74. The molecule has 1 aliphatic rings. The average Bonchev–Trinajstić information content (AvgIpc) is 3.21. The van der Waals surface area contributed by atoms with E-state index in [0.717, 1.165) is 17.0 Å². The molecule has 0 spiro atoms. The van der Waals surface area contributed by atoms with E-state index in [1.165, 1.54) is 28.0 Å². The first-order valence-electron chi connectivity index (χ1n) is 9.45. The Balaban J connectivity index is 1.50. The second kappa shape index (κ2) is 10.5. The molecule has 1 N–H and O–H groups in total. The molecule has 2 amide bonds. The number of thioether (sulfide) groups is 1. The van der Waals surface area contributed by atoms with Gasteiger partial charge < -0.3 is 5.32 Å². The lowest BCUT2D eigenvalue weighted by Crippen LogP contribution is -2.29. The monoisotopic (exact) mass is 480 g/mol. The van der Waals surface area contributed by atoms with Crippen molar-refractivity contribution in [1.29, 1.82) is 0 Å². The summed E-state index contributed by atoms with van der Waals surface area (Å²) < 4.78 is 0.487. The molecule has 0 atom stereocenters. The van der Waals surface area contributed by atoms with Crippen molar-refractivity contribution in [3.63, 3.8) is 0 Å². The van der Waals surface area contributed by atoms with Crippen LogP contribution in [0.25, 0.3) is 6.08 Å². The number of amides is 2. The first-order valence-corrected chi connectivity index (χ1v) is 11.9. The highest BCUT2D eigenvalue weighted by Crippen LogP contribution is 2.33. The van der Waals surface area contributed by atoms with Crippen LogP contribution in [0.3, 0.4) is 0 Å². The number of rotatable bonds is 8. The Morgan fingerprint density at radius 2 is 2.10 bits per heavy atom. The van der Waals surface area contributed by atoms with Crippen LogP contribution in [0.5, 0.6) is 0 Å². The number of nitrogens with one attached hydrogen (secondary N) is 1. The van der Waals surface area contributed by atoms with E-state index in [1.807, 2.05) is 18.2 Å². The zero-order valence-electron chi connectivity index (χ0n) is 16.6. The number of hydrogen-bond acceptors (Lipinski definition) is 7. The van der Waals surface area contributed by atoms with Gasteiger partial charge in [0.2, 0.25) is 11.0 Å². The molecule has 0 saturated carbocycles. The van der Waals surface area contributed by atoms with Gasteiger partial charge in [0.15, 0.2) is 0 Å². The van der Waals surface area contributed by atoms with E-state index in [2.05, 4.69) is 29.4 Å². The van der Waals surface area contributed by atoms with Crippen LogP contribution in [0, 0.1) is 5.92 Å². The summed E-state index contributed by atoms with van der Waals surface area (Å²) in [6.07, 6.45) is 3.34. The Morgan fingerprint density at radius 1 is 1.33 bits per heavy atom. The zero-order chi connectivity index (χ0) is 21.7. The molecule has 0 unspecified atom stereocenters.